The van der Waals surface area contributed by atoms with Crippen LogP contribution in [-0.4, -0.2) is 29.6 Å². The molecular formula is C21H20F2N2O4. The molecule has 0 radical (unpaired) electrons. The van der Waals surface area contributed by atoms with Crippen LogP contribution in [0.15, 0.2) is 47.6 Å². The monoisotopic (exact) mass is 402 g/mol. The molecule has 1 aliphatic rings. The number of hydrazone groups is 1. The van der Waals surface area contributed by atoms with Gasteiger partial charge in [0.25, 0.3) is 11.8 Å². The molecule has 1 unspecified atom stereocenters. The zero-order valence-corrected chi connectivity index (χ0v) is 16.1. The Balaban J connectivity index is 1.80. The summed E-state index contributed by atoms with van der Waals surface area (Å²) in [6, 6.07) is 9.91. The van der Waals surface area contributed by atoms with Crippen molar-refractivity contribution in [2.45, 2.75) is 26.2 Å². The Morgan fingerprint density at radius 3 is 2.62 bits per heavy atom. The third kappa shape index (κ3) is 4.11. The standard InChI is InChI=1S/C21H20F2N2O4/c1-12-19(17(27)10-13-5-4-6-14(9-13)21(2,22)23)20(28)25(24-12)15-7-8-18(29-3)16(26)11-15/h4-9,11,19,26H,10H2,1-3H3. The van der Waals surface area contributed by atoms with E-state index in [1.54, 1.807) is 13.0 Å². The van der Waals surface area contributed by atoms with Crippen molar-refractivity contribution in [3.63, 3.8) is 0 Å². The summed E-state index contributed by atoms with van der Waals surface area (Å²) in [5.41, 5.74) is 0.791. The summed E-state index contributed by atoms with van der Waals surface area (Å²) in [7, 11) is 1.40. The van der Waals surface area contributed by atoms with E-state index in [1.165, 1.54) is 43.5 Å². The van der Waals surface area contributed by atoms with Crippen LogP contribution in [0.5, 0.6) is 11.5 Å². The molecule has 2 aromatic rings. The summed E-state index contributed by atoms with van der Waals surface area (Å²) in [5.74, 6) is -5.06. The van der Waals surface area contributed by atoms with Crippen molar-refractivity contribution in [2.75, 3.05) is 12.1 Å². The third-order valence-electron chi connectivity index (χ3n) is 4.67. The molecule has 1 atom stereocenters. The number of alkyl halides is 2. The van der Waals surface area contributed by atoms with E-state index < -0.39 is 23.5 Å². The smallest absolute Gasteiger partial charge is 0.270 e. The Kier molecular flexibility index (Phi) is 5.37. The number of carbonyl (C=O) groups excluding carboxylic acids is 2. The van der Waals surface area contributed by atoms with Gasteiger partial charge in [-0.1, -0.05) is 18.2 Å². The largest absolute Gasteiger partial charge is 0.504 e. The van der Waals surface area contributed by atoms with Crippen LogP contribution in [0.4, 0.5) is 14.5 Å². The average Bonchev–Trinajstić information content (AvgIpc) is 2.95. The molecule has 8 heteroatoms. The lowest BCUT2D eigenvalue weighted by molar-refractivity contribution is -0.128. The number of phenols is 1. The van der Waals surface area contributed by atoms with Gasteiger partial charge in [0.2, 0.25) is 0 Å². The number of anilines is 1. The van der Waals surface area contributed by atoms with E-state index in [4.69, 9.17) is 4.74 Å². The van der Waals surface area contributed by atoms with Crippen LogP contribution in [-0.2, 0) is 21.9 Å². The molecule has 0 aromatic heterocycles. The Hall–Kier alpha value is -3.29. The number of phenolic OH excluding ortho intramolecular Hbond substituents is 1. The highest BCUT2D eigenvalue weighted by atomic mass is 19.3. The molecule has 0 bridgehead atoms. The highest BCUT2D eigenvalue weighted by Gasteiger charge is 2.39. The summed E-state index contributed by atoms with van der Waals surface area (Å²) in [5, 5.41) is 15.1. The fourth-order valence-corrected chi connectivity index (χ4v) is 3.19. The van der Waals surface area contributed by atoms with E-state index in [-0.39, 0.29) is 29.2 Å². The summed E-state index contributed by atoms with van der Waals surface area (Å²) < 4.78 is 32.0. The lowest BCUT2D eigenvalue weighted by Crippen LogP contribution is -2.33. The van der Waals surface area contributed by atoms with E-state index in [0.29, 0.717) is 11.3 Å². The van der Waals surface area contributed by atoms with E-state index in [0.717, 1.165) is 11.9 Å². The maximum absolute atomic E-state index is 13.5. The molecule has 1 amide bonds. The number of ketones is 1. The molecule has 1 heterocycles. The summed E-state index contributed by atoms with van der Waals surface area (Å²) >= 11 is 0. The minimum absolute atomic E-state index is 0.169. The number of benzene rings is 2. The molecule has 0 saturated heterocycles. The van der Waals surface area contributed by atoms with Crippen molar-refractivity contribution < 1.29 is 28.2 Å². The van der Waals surface area contributed by atoms with Gasteiger partial charge < -0.3 is 9.84 Å². The zero-order chi connectivity index (χ0) is 21.3. The van der Waals surface area contributed by atoms with Gasteiger partial charge >= 0.3 is 0 Å². The predicted octanol–water partition coefficient (Wildman–Crippen LogP) is 3.66. The van der Waals surface area contributed by atoms with Crippen molar-refractivity contribution >= 4 is 23.1 Å². The van der Waals surface area contributed by atoms with Crippen LogP contribution in [0, 0.1) is 5.92 Å². The van der Waals surface area contributed by atoms with Gasteiger partial charge in [-0.05, 0) is 30.7 Å². The predicted molar refractivity (Wildman–Crippen MR) is 103 cm³/mol. The molecule has 0 saturated carbocycles. The molecule has 0 aliphatic carbocycles. The van der Waals surface area contributed by atoms with Crippen LogP contribution < -0.4 is 9.75 Å². The molecule has 0 fully saturated rings. The lowest BCUT2D eigenvalue weighted by atomic mass is 9.93. The summed E-state index contributed by atoms with van der Waals surface area (Å²) in [4.78, 5) is 25.6. The van der Waals surface area contributed by atoms with E-state index in [1.807, 2.05) is 0 Å². The second-order valence-electron chi connectivity index (χ2n) is 6.91. The second-order valence-corrected chi connectivity index (χ2v) is 6.91. The highest BCUT2D eigenvalue weighted by Crippen LogP contribution is 2.33. The van der Waals surface area contributed by atoms with Gasteiger partial charge in [0.15, 0.2) is 17.3 Å². The number of nitrogens with zero attached hydrogens (tertiary/aromatic N) is 2. The fourth-order valence-electron chi connectivity index (χ4n) is 3.19. The number of ether oxygens (including phenoxy) is 1. The molecule has 152 valence electrons. The van der Waals surface area contributed by atoms with Gasteiger partial charge in [-0.2, -0.15) is 10.1 Å². The Bertz CT molecular complexity index is 998. The van der Waals surface area contributed by atoms with E-state index >= 15 is 0 Å². The topological polar surface area (TPSA) is 79.2 Å². The first-order valence-corrected chi connectivity index (χ1v) is 8.88. The van der Waals surface area contributed by atoms with Crippen LogP contribution in [0.25, 0.3) is 0 Å². The van der Waals surface area contributed by atoms with Gasteiger partial charge in [-0.3, -0.25) is 9.59 Å². The van der Waals surface area contributed by atoms with Crippen LogP contribution >= 0.6 is 0 Å². The minimum atomic E-state index is -3.02. The van der Waals surface area contributed by atoms with E-state index in [9.17, 15) is 23.5 Å². The van der Waals surface area contributed by atoms with Crippen LogP contribution in [0.2, 0.25) is 0 Å². The fraction of sp³-hybridized carbons (Fsp3) is 0.286. The number of Topliss-reactive ketones (excluding diaryl/α,β-unsaturated/α-hetero) is 1. The number of aromatic hydroxyl groups is 1. The first kappa shape index (κ1) is 20.4. The maximum Gasteiger partial charge on any atom is 0.270 e. The third-order valence-corrected chi connectivity index (χ3v) is 4.67. The summed E-state index contributed by atoms with van der Waals surface area (Å²) in [6.45, 7) is 2.34. The molecule has 3 rings (SSSR count). The van der Waals surface area contributed by atoms with Crippen LogP contribution in [0.3, 0.4) is 0 Å². The summed E-state index contributed by atoms with van der Waals surface area (Å²) in [6.07, 6.45) is -0.172. The Morgan fingerprint density at radius 2 is 2.00 bits per heavy atom. The first-order chi connectivity index (χ1) is 13.6. The van der Waals surface area contributed by atoms with Gasteiger partial charge in [0.05, 0.1) is 18.5 Å². The quantitative estimate of drug-likeness (QED) is 0.748. The number of amides is 1. The minimum Gasteiger partial charge on any atom is -0.504 e. The van der Waals surface area contributed by atoms with Crippen molar-refractivity contribution in [3.05, 3.63) is 53.6 Å². The maximum atomic E-state index is 13.5. The van der Waals surface area contributed by atoms with Gasteiger partial charge in [0.1, 0.15) is 5.92 Å². The Labute approximate surface area is 166 Å². The molecule has 2 aromatic carbocycles. The lowest BCUT2D eigenvalue weighted by Gasteiger charge is -2.15. The first-order valence-electron chi connectivity index (χ1n) is 8.88. The number of halogens is 2. The van der Waals surface area contributed by atoms with Gasteiger partial charge in [-0.15, -0.1) is 0 Å². The molecule has 1 N–H and O–H groups in total. The van der Waals surface area contributed by atoms with Crippen molar-refractivity contribution in [2.24, 2.45) is 11.0 Å². The Morgan fingerprint density at radius 1 is 1.28 bits per heavy atom. The van der Waals surface area contributed by atoms with Crippen molar-refractivity contribution in [1.29, 1.82) is 0 Å². The number of carbonyl (C=O) groups is 2. The van der Waals surface area contributed by atoms with Gasteiger partial charge in [0, 0.05) is 25.0 Å². The van der Waals surface area contributed by atoms with Crippen molar-refractivity contribution in [1.82, 2.24) is 0 Å². The van der Waals surface area contributed by atoms with Crippen LogP contribution in [0.1, 0.15) is 25.0 Å². The SMILES string of the molecule is COc1ccc(N2N=C(C)C(C(=O)Cc3cccc(C(C)(F)F)c3)C2=O)cc1O. The zero-order valence-electron chi connectivity index (χ0n) is 16.1. The van der Waals surface area contributed by atoms with Gasteiger partial charge in [-0.25, -0.2) is 8.78 Å². The van der Waals surface area contributed by atoms with E-state index in [2.05, 4.69) is 5.10 Å². The molecule has 0 spiro atoms. The highest BCUT2D eigenvalue weighted by molar-refractivity contribution is 6.27. The second kappa shape index (κ2) is 7.62. The molecular weight excluding hydrogens is 382 g/mol. The van der Waals surface area contributed by atoms with Crippen molar-refractivity contribution in [3.8, 4) is 11.5 Å². The average molecular weight is 402 g/mol. The number of hydrogen-bond donors (Lipinski definition) is 1. The molecule has 29 heavy (non-hydrogen) atoms. The normalized spacial score (nSPS) is 16.7. The molecule has 6 nitrogen and oxygen atoms in total. The number of methoxy groups -OCH3 is 1. The number of hydrogen-bond acceptors (Lipinski definition) is 5. The number of rotatable bonds is 6. The molecule has 1 aliphatic heterocycles.